The predicted molar refractivity (Wildman–Crippen MR) is 96.2 cm³/mol. The molecule has 0 fully saturated rings. The van der Waals surface area contributed by atoms with Gasteiger partial charge in [-0.15, -0.1) is 24.2 Å². The molecule has 5 nitrogen and oxygen atoms in total. The van der Waals surface area contributed by atoms with Crippen molar-refractivity contribution in [3.63, 3.8) is 0 Å². The lowest BCUT2D eigenvalue weighted by molar-refractivity contribution is -0.120. The molecule has 0 saturated carbocycles. The van der Waals surface area contributed by atoms with E-state index in [9.17, 15) is 4.79 Å². The van der Waals surface area contributed by atoms with Gasteiger partial charge in [0, 0.05) is 29.7 Å². The normalized spacial score (nSPS) is 13.8. The molecule has 0 bridgehead atoms. The Hall–Kier alpha value is -1.11. The van der Waals surface area contributed by atoms with E-state index in [1.165, 1.54) is 0 Å². The summed E-state index contributed by atoms with van der Waals surface area (Å²) in [6.45, 7) is 6.90. The van der Waals surface area contributed by atoms with E-state index in [1.54, 1.807) is 11.8 Å². The summed E-state index contributed by atoms with van der Waals surface area (Å²) in [5.74, 6) is 2.43. The topological polar surface area (TPSA) is 59.6 Å². The highest BCUT2D eigenvalue weighted by atomic mass is 35.5. The highest BCUT2D eigenvalue weighted by molar-refractivity contribution is 7.99. The van der Waals surface area contributed by atoms with Crippen molar-refractivity contribution in [1.82, 2.24) is 10.6 Å². The Kier molecular flexibility index (Phi) is 9.21. The zero-order valence-electron chi connectivity index (χ0n) is 13.6. The molecule has 0 unspecified atom stereocenters. The lowest BCUT2D eigenvalue weighted by atomic mass is 10.3. The van der Waals surface area contributed by atoms with E-state index >= 15 is 0 Å². The lowest BCUT2D eigenvalue weighted by Gasteiger charge is -2.18. The number of likely N-dealkylation sites (N-methyl/N-ethyl adjacent to an activating group) is 1. The molecule has 1 aromatic carbocycles. The van der Waals surface area contributed by atoms with Gasteiger partial charge in [-0.1, -0.05) is 6.92 Å². The Morgan fingerprint density at radius 2 is 2.04 bits per heavy atom. The number of hydrogen-bond donors (Lipinski definition) is 2. The van der Waals surface area contributed by atoms with Gasteiger partial charge in [-0.3, -0.25) is 4.79 Å². The number of benzene rings is 1. The SMILES string of the molecule is CCN[C@H](C)CNC(=O)CCSc1ccc2c(c1)OCCO2.Cl. The predicted octanol–water partition coefficient (Wildman–Crippen LogP) is 2.48. The summed E-state index contributed by atoms with van der Waals surface area (Å²) in [6.07, 6.45) is 0.512. The standard InChI is InChI=1S/C16H24N2O3S.ClH/c1-3-17-12(2)11-18-16(19)6-9-22-13-4-5-14-15(10-13)21-8-7-20-14;/h4-5,10,12,17H,3,6-9,11H2,1-2H3,(H,18,19);1H/t12-;/m1./s1. The van der Waals surface area contributed by atoms with Gasteiger partial charge in [0.05, 0.1) is 0 Å². The molecule has 23 heavy (non-hydrogen) atoms. The minimum absolute atomic E-state index is 0. The first kappa shape index (κ1) is 19.9. The first-order valence-corrected chi connectivity index (χ1v) is 8.70. The minimum atomic E-state index is 0. The molecule has 130 valence electrons. The van der Waals surface area contributed by atoms with Gasteiger partial charge in [0.1, 0.15) is 13.2 Å². The summed E-state index contributed by atoms with van der Waals surface area (Å²) < 4.78 is 11.0. The van der Waals surface area contributed by atoms with Crippen LogP contribution in [0.15, 0.2) is 23.1 Å². The quantitative estimate of drug-likeness (QED) is 0.697. The maximum Gasteiger partial charge on any atom is 0.220 e. The summed E-state index contributed by atoms with van der Waals surface area (Å²) >= 11 is 1.65. The van der Waals surface area contributed by atoms with Crippen molar-refractivity contribution in [3.05, 3.63) is 18.2 Å². The fourth-order valence-corrected chi connectivity index (χ4v) is 3.03. The van der Waals surface area contributed by atoms with Crippen molar-refractivity contribution in [1.29, 1.82) is 0 Å². The Morgan fingerprint density at radius 1 is 1.30 bits per heavy atom. The van der Waals surface area contributed by atoms with Gasteiger partial charge in [0.2, 0.25) is 5.91 Å². The maximum absolute atomic E-state index is 11.8. The Bertz CT molecular complexity index is 502. The minimum Gasteiger partial charge on any atom is -0.486 e. The van der Waals surface area contributed by atoms with Crippen LogP contribution in [0.1, 0.15) is 20.3 Å². The van der Waals surface area contributed by atoms with Gasteiger partial charge in [-0.25, -0.2) is 0 Å². The van der Waals surface area contributed by atoms with Crippen LogP contribution in [-0.4, -0.2) is 44.0 Å². The van der Waals surface area contributed by atoms with Crippen molar-refractivity contribution in [2.75, 3.05) is 32.1 Å². The van der Waals surface area contributed by atoms with Gasteiger partial charge in [-0.05, 0) is 31.7 Å². The summed E-state index contributed by atoms with van der Waals surface area (Å²) in [6, 6.07) is 6.21. The third kappa shape index (κ3) is 6.89. The van der Waals surface area contributed by atoms with Crippen LogP contribution in [0.2, 0.25) is 0 Å². The van der Waals surface area contributed by atoms with E-state index in [4.69, 9.17) is 9.47 Å². The van der Waals surface area contributed by atoms with Crippen LogP contribution >= 0.6 is 24.2 Å². The van der Waals surface area contributed by atoms with Crippen molar-refractivity contribution in [3.8, 4) is 11.5 Å². The van der Waals surface area contributed by atoms with E-state index in [1.807, 2.05) is 18.2 Å². The molecule has 0 radical (unpaired) electrons. The van der Waals surface area contributed by atoms with Gasteiger partial charge in [0.25, 0.3) is 0 Å². The molecule has 0 aromatic heterocycles. The first-order chi connectivity index (χ1) is 10.7. The molecule has 0 aliphatic carbocycles. The van der Waals surface area contributed by atoms with Crippen LogP contribution in [0, 0.1) is 0 Å². The number of rotatable bonds is 8. The van der Waals surface area contributed by atoms with Crippen LogP contribution in [0.25, 0.3) is 0 Å². The zero-order valence-corrected chi connectivity index (χ0v) is 15.2. The zero-order chi connectivity index (χ0) is 15.8. The number of fused-ring (bicyclic) bond motifs is 1. The highest BCUT2D eigenvalue weighted by Gasteiger charge is 2.12. The van der Waals surface area contributed by atoms with Crippen molar-refractivity contribution < 1.29 is 14.3 Å². The van der Waals surface area contributed by atoms with E-state index < -0.39 is 0 Å². The molecule has 1 heterocycles. The van der Waals surface area contributed by atoms with Crippen LogP contribution < -0.4 is 20.1 Å². The summed E-state index contributed by atoms with van der Waals surface area (Å²) in [4.78, 5) is 12.9. The molecular formula is C16H25ClN2O3S. The number of thioether (sulfide) groups is 1. The van der Waals surface area contributed by atoms with Crippen LogP contribution in [0.5, 0.6) is 11.5 Å². The number of ether oxygens (including phenoxy) is 2. The third-order valence-corrected chi connectivity index (χ3v) is 4.27. The number of halogens is 1. The van der Waals surface area contributed by atoms with Crippen molar-refractivity contribution >= 4 is 30.1 Å². The lowest BCUT2D eigenvalue weighted by Crippen LogP contribution is -2.38. The fourth-order valence-electron chi connectivity index (χ4n) is 2.15. The molecule has 2 rings (SSSR count). The summed E-state index contributed by atoms with van der Waals surface area (Å²) in [7, 11) is 0. The Morgan fingerprint density at radius 3 is 2.78 bits per heavy atom. The first-order valence-electron chi connectivity index (χ1n) is 7.71. The average Bonchev–Trinajstić information content (AvgIpc) is 2.53. The van der Waals surface area contributed by atoms with Gasteiger partial charge in [-0.2, -0.15) is 0 Å². The van der Waals surface area contributed by atoms with Crippen molar-refractivity contribution in [2.24, 2.45) is 0 Å². The van der Waals surface area contributed by atoms with Gasteiger partial charge in [0.15, 0.2) is 11.5 Å². The number of amides is 1. The van der Waals surface area contributed by atoms with E-state index in [0.29, 0.717) is 32.2 Å². The molecule has 1 amide bonds. The van der Waals surface area contributed by atoms with Crippen LogP contribution in [0.3, 0.4) is 0 Å². The van der Waals surface area contributed by atoms with Gasteiger partial charge >= 0.3 is 0 Å². The second-order valence-corrected chi connectivity index (χ2v) is 6.34. The second-order valence-electron chi connectivity index (χ2n) is 5.17. The van der Waals surface area contributed by atoms with E-state index in [-0.39, 0.29) is 18.3 Å². The number of hydrogen-bond acceptors (Lipinski definition) is 5. The van der Waals surface area contributed by atoms with Crippen molar-refractivity contribution in [2.45, 2.75) is 31.2 Å². The number of carbonyl (C=O) groups is 1. The molecule has 0 spiro atoms. The smallest absolute Gasteiger partial charge is 0.220 e. The monoisotopic (exact) mass is 360 g/mol. The second kappa shape index (κ2) is 10.6. The fraction of sp³-hybridized carbons (Fsp3) is 0.562. The maximum atomic E-state index is 11.8. The largest absolute Gasteiger partial charge is 0.486 e. The molecule has 1 atom stereocenters. The molecule has 1 aliphatic heterocycles. The average molecular weight is 361 g/mol. The molecular weight excluding hydrogens is 336 g/mol. The Labute approximate surface area is 148 Å². The van der Waals surface area contributed by atoms with Crippen LogP contribution in [-0.2, 0) is 4.79 Å². The summed E-state index contributed by atoms with van der Waals surface area (Å²) in [5.41, 5.74) is 0. The Balaban J connectivity index is 0.00000264. The molecule has 2 N–H and O–H groups in total. The number of carbonyl (C=O) groups excluding carboxylic acids is 1. The third-order valence-electron chi connectivity index (χ3n) is 3.27. The highest BCUT2D eigenvalue weighted by Crippen LogP contribution is 2.34. The molecule has 1 aliphatic rings. The van der Waals surface area contributed by atoms with E-state index in [0.717, 1.165) is 28.7 Å². The number of nitrogens with one attached hydrogen (secondary N) is 2. The molecule has 0 saturated heterocycles. The van der Waals surface area contributed by atoms with Crippen LogP contribution in [0.4, 0.5) is 0 Å². The molecule has 1 aromatic rings. The molecule has 7 heteroatoms. The summed E-state index contributed by atoms with van der Waals surface area (Å²) in [5, 5.41) is 6.21. The van der Waals surface area contributed by atoms with Gasteiger partial charge < -0.3 is 20.1 Å². The van der Waals surface area contributed by atoms with E-state index in [2.05, 4.69) is 24.5 Å².